The Morgan fingerprint density at radius 2 is 2.17 bits per heavy atom. The second kappa shape index (κ2) is 3.90. The van der Waals surface area contributed by atoms with Crippen LogP contribution < -0.4 is 5.32 Å². The molecule has 3 heteroatoms. The van der Waals surface area contributed by atoms with Gasteiger partial charge in [-0.1, -0.05) is 0 Å². The SMILES string of the molecule is CC(C)NC(=O)C1CCCC1O. The van der Waals surface area contributed by atoms with E-state index in [0.717, 1.165) is 19.3 Å². The molecule has 1 amide bonds. The minimum absolute atomic E-state index is 0.00926. The molecule has 0 aromatic carbocycles. The summed E-state index contributed by atoms with van der Waals surface area (Å²) < 4.78 is 0. The first kappa shape index (κ1) is 9.52. The number of aliphatic hydroxyl groups excluding tert-OH is 1. The predicted octanol–water partition coefficient (Wildman–Crippen LogP) is 0.672. The van der Waals surface area contributed by atoms with Crippen LogP contribution in [0.3, 0.4) is 0 Å². The number of aliphatic hydroxyl groups is 1. The lowest BCUT2D eigenvalue weighted by Gasteiger charge is -2.16. The Bertz CT molecular complexity index is 168. The molecule has 1 saturated carbocycles. The van der Waals surface area contributed by atoms with Gasteiger partial charge in [-0.2, -0.15) is 0 Å². The van der Waals surface area contributed by atoms with Crippen molar-refractivity contribution in [2.24, 2.45) is 5.92 Å². The zero-order chi connectivity index (χ0) is 9.14. The molecule has 0 saturated heterocycles. The molecule has 12 heavy (non-hydrogen) atoms. The maximum absolute atomic E-state index is 11.4. The van der Waals surface area contributed by atoms with E-state index in [1.54, 1.807) is 0 Å². The van der Waals surface area contributed by atoms with Crippen molar-refractivity contribution in [1.29, 1.82) is 0 Å². The molecule has 2 unspecified atom stereocenters. The number of carbonyl (C=O) groups excluding carboxylic acids is 1. The van der Waals surface area contributed by atoms with Crippen molar-refractivity contribution in [2.75, 3.05) is 0 Å². The minimum atomic E-state index is -0.413. The molecule has 0 bridgehead atoms. The van der Waals surface area contributed by atoms with Crippen molar-refractivity contribution in [2.45, 2.75) is 45.3 Å². The van der Waals surface area contributed by atoms with E-state index in [4.69, 9.17) is 0 Å². The highest BCUT2D eigenvalue weighted by Crippen LogP contribution is 2.25. The Morgan fingerprint density at radius 1 is 1.50 bits per heavy atom. The molecule has 1 rings (SSSR count). The van der Waals surface area contributed by atoms with Gasteiger partial charge >= 0.3 is 0 Å². The van der Waals surface area contributed by atoms with Crippen molar-refractivity contribution in [1.82, 2.24) is 5.32 Å². The summed E-state index contributed by atoms with van der Waals surface area (Å²) in [5.41, 5.74) is 0. The number of nitrogens with one attached hydrogen (secondary N) is 1. The van der Waals surface area contributed by atoms with Gasteiger partial charge in [0, 0.05) is 6.04 Å². The van der Waals surface area contributed by atoms with Gasteiger partial charge in [0.1, 0.15) is 0 Å². The molecule has 0 spiro atoms. The van der Waals surface area contributed by atoms with E-state index in [1.165, 1.54) is 0 Å². The third-order valence-electron chi connectivity index (χ3n) is 2.25. The van der Waals surface area contributed by atoms with E-state index >= 15 is 0 Å². The van der Waals surface area contributed by atoms with E-state index in [1.807, 2.05) is 13.8 Å². The third-order valence-corrected chi connectivity index (χ3v) is 2.25. The number of hydrogen-bond donors (Lipinski definition) is 2. The van der Waals surface area contributed by atoms with Crippen LogP contribution in [0.5, 0.6) is 0 Å². The molecule has 1 aliphatic rings. The van der Waals surface area contributed by atoms with E-state index < -0.39 is 6.10 Å². The van der Waals surface area contributed by atoms with E-state index in [9.17, 15) is 9.90 Å². The molecule has 2 N–H and O–H groups in total. The Kier molecular flexibility index (Phi) is 3.09. The largest absolute Gasteiger partial charge is 0.392 e. The Morgan fingerprint density at radius 3 is 2.58 bits per heavy atom. The van der Waals surface area contributed by atoms with Gasteiger partial charge in [-0.3, -0.25) is 4.79 Å². The Hall–Kier alpha value is -0.570. The zero-order valence-corrected chi connectivity index (χ0v) is 7.71. The lowest BCUT2D eigenvalue weighted by Crippen LogP contribution is -2.38. The van der Waals surface area contributed by atoms with E-state index in [2.05, 4.69) is 5.32 Å². The van der Waals surface area contributed by atoms with Crippen LogP contribution in [-0.4, -0.2) is 23.2 Å². The molecule has 70 valence electrons. The second-order valence-electron chi connectivity index (χ2n) is 3.77. The van der Waals surface area contributed by atoms with E-state index in [0.29, 0.717) is 0 Å². The van der Waals surface area contributed by atoms with Gasteiger partial charge < -0.3 is 10.4 Å². The van der Waals surface area contributed by atoms with Crippen LogP contribution in [0.25, 0.3) is 0 Å². The van der Waals surface area contributed by atoms with Crippen LogP contribution in [-0.2, 0) is 4.79 Å². The summed E-state index contributed by atoms with van der Waals surface area (Å²) in [6.45, 7) is 3.86. The second-order valence-corrected chi connectivity index (χ2v) is 3.77. The van der Waals surface area contributed by atoms with Crippen molar-refractivity contribution in [3.63, 3.8) is 0 Å². The fourth-order valence-corrected chi connectivity index (χ4v) is 1.64. The van der Waals surface area contributed by atoms with Crippen LogP contribution in [0.2, 0.25) is 0 Å². The van der Waals surface area contributed by atoms with Gasteiger partial charge in [-0.25, -0.2) is 0 Å². The van der Waals surface area contributed by atoms with Gasteiger partial charge in [-0.05, 0) is 33.1 Å². The smallest absolute Gasteiger partial charge is 0.225 e. The maximum Gasteiger partial charge on any atom is 0.225 e. The van der Waals surface area contributed by atoms with Gasteiger partial charge in [-0.15, -0.1) is 0 Å². The van der Waals surface area contributed by atoms with Crippen LogP contribution >= 0.6 is 0 Å². The normalized spacial score (nSPS) is 29.3. The molecule has 0 aromatic rings. The highest BCUT2D eigenvalue weighted by atomic mass is 16.3. The lowest BCUT2D eigenvalue weighted by molar-refractivity contribution is -0.128. The molecular weight excluding hydrogens is 154 g/mol. The number of carbonyl (C=O) groups is 1. The van der Waals surface area contributed by atoms with Crippen LogP contribution in [0.15, 0.2) is 0 Å². The lowest BCUT2D eigenvalue weighted by atomic mass is 10.1. The highest BCUT2D eigenvalue weighted by molar-refractivity contribution is 5.79. The summed E-state index contributed by atoms with van der Waals surface area (Å²) in [7, 11) is 0. The number of amides is 1. The van der Waals surface area contributed by atoms with Crippen molar-refractivity contribution >= 4 is 5.91 Å². The average Bonchev–Trinajstić information content (AvgIpc) is 2.33. The van der Waals surface area contributed by atoms with Crippen molar-refractivity contribution < 1.29 is 9.90 Å². The first-order valence-corrected chi connectivity index (χ1v) is 4.59. The van der Waals surface area contributed by atoms with Gasteiger partial charge in [0.2, 0.25) is 5.91 Å². The van der Waals surface area contributed by atoms with Crippen molar-refractivity contribution in [3.05, 3.63) is 0 Å². The summed E-state index contributed by atoms with van der Waals surface area (Å²) in [5.74, 6) is -0.151. The first-order chi connectivity index (χ1) is 5.61. The summed E-state index contributed by atoms with van der Waals surface area (Å²) in [6.07, 6.45) is 2.16. The summed E-state index contributed by atoms with van der Waals surface area (Å²) in [6, 6.07) is 0.172. The minimum Gasteiger partial charge on any atom is -0.392 e. The molecule has 0 aliphatic heterocycles. The summed E-state index contributed by atoms with van der Waals surface area (Å²) >= 11 is 0. The summed E-state index contributed by atoms with van der Waals surface area (Å²) in [4.78, 5) is 11.4. The van der Waals surface area contributed by atoms with Gasteiger partial charge in [0.25, 0.3) is 0 Å². The van der Waals surface area contributed by atoms with E-state index in [-0.39, 0.29) is 17.9 Å². The fraction of sp³-hybridized carbons (Fsp3) is 0.889. The molecule has 1 fully saturated rings. The van der Waals surface area contributed by atoms with Crippen LogP contribution in [0, 0.1) is 5.92 Å². The topological polar surface area (TPSA) is 49.3 Å². The number of rotatable bonds is 2. The van der Waals surface area contributed by atoms with Crippen LogP contribution in [0.4, 0.5) is 0 Å². The first-order valence-electron chi connectivity index (χ1n) is 4.59. The van der Waals surface area contributed by atoms with Gasteiger partial charge in [0.05, 0.1) is 12.0 Å². The molecule has 0 radical (unpaired) electrons. The standard InChI is InChI=1S/C9H17NO2/c1-6(2)10-9(12)7-4-3-5-8(7)11/h6-8,11H,3-5H2,1-2H3,(H,10,12). The molecular formula is C9H17NO2. The quantitative estimate of drug-likeness (QED) is 0.641. The number of hydrogen-bond acceptors (Lipinski definition) is 2. The molecule has 2 atom stereocenters. The predicted molar refractivity (Wildman–Crippen MR) is 46.6 cm³/mol. The summed E-state index contributed by atoms with van der Waals surface area (Å²) in [5, 5.41) is 12.2. The zero-order valence-electron chi connectivity index (χ0n) is 7.71. The molecule has 0 aromatic heterocycles. The monoisotopic (exact) mass is 171 g/mol. The maximum atomic E-state index is 11.4. The Labute approximate surface area is 73.2 Å². The molecule has 0 heterocycles. The fourth-order valence-electron chi connectivity index (χ4n) is 1.64. The van der Waals surface area contributed by atoms with Crippen molar-refractivity contribution in [3.8, 4) is 0 Å². The molecule has 3 nitrogen and oxygen atoms in total. The van der Waals surface area contributed by atoms with Crippen LogP contribution in [0.1, 0.15) is 33.1 Å². The molecule has 1 aliphatic carbocycles. The average molecular weight is 171 g/mol. The van der Waals surface area contributed by atoms with Gasteiger partial charge in [0.15, 0.2) is 0 Å². The Balaban J connectivity index is 2.41. The highest BCUT2D eigenvalue weighted by Gasteiger charge is 2.31. The third kappa shape index (κ3) is 2.21.